The molecule has 0 aromatic carbocycles. The lowest BCUT2D eigenvalue weighted by atomic mass is 9.96. The molecule has 0 saturated heterocycles. The third-order valence-electron chi connectivity index (χ3n) is 4.66. The molecule has 10 nitrogen and oxygen atoms in total. The van der Waals surface area contributed by atoms with Crippen molar-refractivity contribution in [1.82, 2.24) is 21.1 Å². The van der Waals surface area contributed by atoms with E-state index in [-0.39, 0.29) is 24.8 Å². The summed E-state index contributed by atoms with van der Waals surface area (Å²) >= 11 is 0. The summed E-state index contributed by atoms with van der Waals surface area (Å²) < 4.78 is 10.7. The number of methoxy groups -OCH3 is 1. The molecule has 0 radical (unpaired) electrons. The largest absolute Gasteiger partial charge is 0.495 e. The van der Waals surface area contributed by atoms with E-state index in [4.69, 9.17) is 14.4 Å². The molecule has 31 heavy (non-hydrogen) atoms. The first kappa shape index (κ1) is 23.9. The molecule has 2 aromatic rings. The zero-order valence-electron chi connectivity index (χ0n) is 17.6. The summed E-state index contributed by atoms with van der Waals surface area (Å²) in [6, 6.07) is 4.89. The number of amides is 3. The molecule has 0 aliphatic carbocycles. The molecule has 3 amide bonds. The first-order chi connectivity index (χ1) is 15.0. The second-order valence-corrected chi connectivity index (χ2v) is 6.93. The van der Waals surface area contributed by atoms with Crippen LogP contribution < -0.4 is 20.9 Å². The molecule has 2 aromatic heterocycles. The van der Waals surface area contributed by atoms with Gasteiger partial charge in [-0.25, -0.2) is 5.48 Å². The lowest BCUT2D eigenvalue weighted by Crippen LogP contribution is -2.41. The molecule has 0 saturated carbocycles. The van der Waals surface area contributed by atoms with Gasteiger partial charge in [0.15, 0.2) is 5.76 Å². The predicted molar refractivity (Wildman–Crippen MR) is 111 cm³/mol. The molecule has 0 aliphatic rings. The Morgan fingerprint density at radius 2 is 2.00 bits per heavy atom. The number of furan rings is 1. The van der Waals surface area contributed by atoms with Crippen molar-refractivity contribution >= 4 is 17.7 Å². The van der Waals surface area contributed by atoms with Crippen LogP contribution in [0.5, 0.6) is 5.75 Å². The molecule has 0 fully saturated rings. The van der Waals surface area contributed by atoms with Crippen LogP contribution in [0.2, 0.25) is 0 Å². The van der Waals surface area contributed by atoms with Crippen molar-refractivity contribution < 1.29 is 28.7 Å². The molecule has 2 rings (SSSR count). The molecule has 0 bridgehead atoms. The van der Waals surface area contributed by atoms with Gasteiger partial charge in [0, 0.05) is 24.1 Å². The van der Waals surface area contributed by atoms with Gasteiger partial charge in [0.25, 0.3) is 5.91 Å². The Morgan fingerprint density at radius 3 is 2.71 bits per heavy atom. The molecule has 0 spiro atoms. The van der Waals surface area contributed by atoms with E-state index in [9.17, 15) is 14.4 Å². The minimum atomic E-state index is -0.629. The maximum atomic E-state index is 12.4. The zero-order chi connectivity index (χ0) is 22.6. The van der Waals surface area contributed by atoms with Crippen molar-refractivity contribution in [2.75, 3.05) is 13.8 Å². The quantitative estimate of drug-likeness (QED) is 0.174. The Labute approximate surface area is 180 Å². The molecule has 10 heteroatoms. The van der Waals surface area contributed by atoms with Crippen LogP contribution in [-0.4, -0.2) is 41.7 Å². The van der Waals surface area contributed by atoms with Gasteiger partial charge in [0.05, 0.1) is 20.0 Å². The van der Waals surface area contributed by atoms with E-state index in [1.165, 1.54) is 13.2 Å². The Kier molecular flexibility index (Phi) is 9.50. The van der Waals surface area contributed by atoms with Crippen molar-refractivity contribution in [3.8, 4) is 17.1 Å². The average Bonchev–Trinajstić information content (AvgIpc) is 3.28. The Hall–Kier alpha value is -3.40. The van der Waals surface area contributed by atoms with Crippen LogP contribution in [0.1, 0.15) is 49.6 Å². The second-order valence-electron chi connectivity index (χ2n) is 6.93. The summed E-state index contributed by atoms with van der Waals surface area (Å²) in [5.41, 5.74) is 2.20. The number of unbranched alkanes of at least 4 members (excludes halogenated alkanes) is 2. The number of carbonyl (C=O) groups excluding carboxylic acids is 3. The highest BCUT2D eigenvalue weighted by Gasteiger charge is 2.21. The predicted octanol–water partition coefficient (Wildman–Crippen LogP) is 2.25. The van der Waals surface area contributed by atoms with Crippen LogP contribution in [0.3, 0.4) is 0 Å². The molecule has 0 aliphatic heterocycles. The number of ether oxygens (including phenoxy) is 1. The Balaban J connectivity index is 1.89. The number of hydrogen-bond acceptors (Lipinski definition) is 7. The van der Waals surface area contributed by atoms with Gasteiger partial charge in [-0.05, 0) is 24.6 Å². The highest BCUT2D eigenvalue weighted by atomic mass is 16.5. The number of rotatable bonds is 12. The maximum Gasteiger partial charge on any atom is 0.288 e. The molecule has 168 valence electrons. The van der Waals surface area contributed by atoms with E-state index in [1.807, 2.05) is 6.92 Å². The fraction of sp³-hybridized carbons (Fsp3) is 0.429. The molecule has 1 atom stereocenters. The van der Waals surface area contributed by atoms with Gasteiger partial charge >= 0.3 is 0 Å². The normalized spacial score (nSPS) is 11.5. The summed E-state index contributed by atoms with van der Waals surface area (Å²) in [6.45, 7) is 1.91. The lowest BCUT2D eigenvalue weighted by Gasteiger charge is -2.16. The fourth-order valence-electron chi connectivity index (χ4n) is 2.96. The smallest absolute Gasteiger partial charge is 0.288 e. The first-order valence-electron chi connectivity index (χ1n) is 10.1. The molecular formula is C21H28N4O6. The van der Waals surface area contributed by atoms with E-state index in [0.29, 0.717) is 23.5 Å². The molecule has 0 unspecified atom stereocenters. The van der Waals surface area contributed by atoms with Crippen molar-refractivity contribution in [2.45, 2.75) is 39.0 Å². The van der Waals surface area contributed by atoms with Crippen LogP contribution in [-0.2, 0) is 9.59 Å². The molecule has 4 N–H and O–H groups in total. The van der Waals surface area contributed by atoms with Gasteiger partial charge in [-0.15, -0.1) is 0 Å². The van der Waals surface area contributed by atoms with Gasteiger partial charge in [0.2, 0.25) is 11.8 Å². The van der Waals surface area contributed by atoms with Crippen molar-refractivity contribution in [3.63, 3.8) is 0 Å². The van der Waals surface area contributed by atoms with Gasteiger partial charge in [0.1, 0.15) is 11.5 Å². The Bertz CT molecular complexity index is 882. The topological polar surface area (TPSA) is 143 Å². The van der Waals surface area contributed by atoms with Crippen LogP contribution in [0, 0.1) is 5.92 Å². The third kappa shape index (κ3) is 7.41. The number of nitrogens with one attached hydrogen (secondary N) is 3. The Morgan fingerprint density at radius 1 is 1.19 bits per heavy atom. The summed E-state index contributed by atoms with van der Waals surface area (Å²) in [7, 11) is 1.53. The molecular weight excluding hydrogens is 404 g/mol. The van der Waals surface area contributed by atoms with E-state index >= 15 is 0 Å². The van der Waals surface area contributed by atoms with E-state index < -0.39 is 17.7 Å². The number of carbonyl (C=O) groups is 3. The lowest BCUT2D eigenvalue weighted by molar-refractivity contribution is -0.135. The van der Waals surface area contributed by atoms with Crippen LogP contribution in [0.25, 0.3) is 11.3 Å². The summed E-state index contributed by atoms with van der Waals surface area (Å²) in [5.74, 6) is -1.01. The summed E-state index contributed by atoms with van der Waals surface area (Å²) in [6.07, 6.45) is 6.23. The minimum absolute atomic E-state index is 0.0752. The monoisotopic (exact) mass is 432 g/mol. The maximum absolute atomic E-state index is 12.4. The van der Waals surface area contributed by atoms with Crippen molar-refractivity contribution in [2.24, 2.45) is 5.92 Å². The standard InChI is InChI=1S/C21H28N4O6/c1-3-4-5-6-14(10-19(26)25-29)20(27)23-13-24-21(28)18-8-7-17(31-18)15-9-16(30-2)12-22-11-15/h7-9,11-12,14,29H,3-6,10,13H2,1-2H3,(H,23,27)(H,24,28)(H,25,26)/t14-/m1/s1. The summed E-state index contributed by atoms with van der Waals surface area (Å²) in [5, 5.41) is 13.9. The van der Waals surface area contributed by atoms with Gasteiger partial charge in [-0.3, -0.25) is 24.6 Å². The van der Waals surface area contributed by atoms with Crippen LogP contribution in [0.4, 0.5) is 0 Å². The SMILES string of the molecule is CCCCC[C@H](CC(=O)NO)C(=O)NCNC(=O)c1ccc(-c2cncc(OC)c2)o1. The number of hydrogen-bond donors (Lipinski definition) is 4. The number of aromatic nitrogens is 1. The van der Waals surface area contributed by atoms with Crippen LogP contribution in [0.15, 0.2) is 35.0 Å². The van der Waals surface area contributed by atoms with Crippen LogP contribution >= 0.6 is 0 Å². The van der Waals surface area contributed by atoms with E-state index in [1.54, 1.807) is 30.0 Å². The summed E-state index contributed by atoms with van der Waals surface area (Å²) in [4.78, 5) is 40.2. The number of hydroxylamine groups is 1. The van der Waals surface area contributed by atoms with Gasteiger partial charge in [-0.1, -0.05) is 26.2 Å². The second kappa shape index (κ2) is 12.3. The zero-order valence-corrected chi connectivity index (χ0v) is 17.6. The van der Waals surface area contributed by atoms with Gasteiger partial charge < -0.3 is 19.8 Å². The van der Waals surface area contributed by atoms with E-state index in [0.717, 1.165) is 19.3 Å². The first-order valence-corrected chi connectivity index (χ1v) is 10.1. The number of nitrogens with zero attached hydrogens (tertiary/aromatic N) is 1. The van der Waals surface area contributed by atoms with E-state index in [2.05, 4.69) is 15.6 Å². The van der Waals surface area contributed by atoms with Crippen molar-refractivity contribution in [3.05, 3.63) is 36.4 Å². The van der Waals surface area contributed by atoms with Gasteiger partial charge in [-0.2, -0.15) is 0 Å². The highest BCUT2D eigenvalue weighted by molar-refractivity contribution is 5.92. The fourth-order valence-corrected chi connectivity index (χ4v) is 2.96. The van der Waals surface area contributed by atoms with Crippen molar-refractivity contribution in [1.29, 1.82) is 0 Å². The minimum Gasteiger partial charge on any atom is -0.495 e. The number of pyridine rings is 1. The average molecular weight is 432 g/mol. The highest BCUT2D eigenvalue weighted by Crippen LogP contribution is 2.24. The third-order valence-corrected chi connectivity index (χ3v) is 4.66. The molecule has 2 heterocycles.